The van der Waals surface area contributed by atoms with E-state index >= 15 is 0 Å². The molecule has 1 fully saturated rings. The zero-order chi connectivity index (χ0) is 35.7. The minimum atomic E-state index is -2.07. The molecule has 1 saturated heterocycles. The summed E-state index contributed by atoms with van der Waals surface area (Å²) in [5.41, 5.74) is 0.0930. The maximum absolute atomic E-state index is 13.9. The van der Waals surface area contributed by atoms with E-state index in [0.29, 0.717) is 24.0 Å². The van der Waals surface area contributed by atoms with Crippen molar-refractivity contribution >= 4 is 22.6 Å². The molecule has 270 valence electrons. The van der Waals surface area contributed by atoms with Crippen LogP contribution in [0.4, 0.5) is 0 Å². The lowest BCUT2D eigenvalue weighted by molar-refractivity contribution is -0.170. The third kappa shape index (κ3) is 9.53. The van der Waals surface area contributed by atoms with E-state index in [2.05, 4.69) is 92.9 Å². The van der Waals surface area contributed by atoms with Crippen molar-refractivity contribution in [2.45, 2.75) is 161 Å². The summed E-state index contributed by atoms with van der Waals surface area (Å²) in [5, 5.41) is 0.263. The zero-order valence-electron chi connectivity index (χ0n) is 32.4. The van der Waals surface area contributed by atoms with Gasteiger partial charge in [0.05, 0.1) is 12.2 Å². The first kappa shape index (κ1) is 39.1. The van der Waals surface area contributed by atoms with Gasteiger partial charge in [-0.25, -0.2) is 4.79 Å². The van der Waals surface area contributed by atoms with E-state index in [1.807, 2.05) is 30.3 Å². The van der Waals surface area contributed by atoms with Crippen LogP contribution >= 0.6 is 0 Å². The van der Waals surface area contributed by atoms with Gasteiger partial charge in [-0.3, -0.25) is 0 Å². The number of carbonyl (C=O) groups excluding carboxylic acids is 1. The smallest absolute Gasteiger partial charge is 0.350 e. The molecule has 2 aliphatic carbocycles. The van der Waals surface area contributed by atoms with Crippen molar-refractivity contribution in [1.82, 2.24) is 0 Å². The second kappa shape index (κ2) is 14.9. The average Bonchev–Trinajstić information content (AvgIpc) is 2.95. The lowest BCUT2D eigenvalue weighted by atomic mass is 9.66. The summed E-state index contributed by atoms with van der Waals surface area (Å²) in [6.45, 7) is 29.7. The molecule has 0 bridgehead atoms. The molecule has 0 aromatic heterocycles. The van der Waals surface area contributed by atoms with Crippen molar-refractivity contribution in [3.05, 3.63) is 54.1 Å². The molecule has 4 rings (SSSR count). The Morgan fingerprint density at radius 2 is 1.50 bits per heavy atom. The number of hydrogen-bond acceptors (Lipinski definition) is 6. The summed E-state index contributed by atoms with van der Waals surface area (Å²) in [6.07, 6.45) is 11.5. The molecule has 0 spiro atoms. The van der Waals surface area contributed by atoms with Gasteiger partial charge < -0.3 is 23.1 Å². The molecule has 1 aromatic rings. The quantitative estimate of drug-likeness (QED) is 0.169. The Labute approximate surface area is 294 Å². The van der Waals surface area contributed by atoms with Crippen molar-refractivity contribution in [2.24, 2.45) is 17.8 Å². The molecule has 0 amide bonds. The van der Waals surface area contributed by atoms with Gasteiger partial charge in [0.2, 0.25) is 0 Å². The topological polar surface area (TPSA) is 63.2 Å². The fourth-order valence-corrected chi connectivity index (χ4v) is 9.51. The third-order valence-electron chi connectivity index (χ3n) is 11.9. The molecular weight excluding hydrogens is 633 g/mol. The molecule has 0 saturated carbocycles. The van der Waals surface area contributed by atoms with Crippen molar-refractivity contribution in [1.29, 1.82) is 0 Å². The number of ether oxygens (including phenoxy) is 3. The highest BCUT2D eigenvalue weighted by Gasteiger charge is 2.47. The van der Waals surface area contributed by atoms with Crippen LogP contribution in [0.3, 0.4) is 0 Å². The summed E-state index contributed by atoms with van der Waals surface area (Å²) < 4.78 is 32.9. The van der Waals surface area contributed by atoms with Crippen molar-refractivity contribution in [3.8, 4) is 5.75 Å². The van der Waals surface area contributed by atoms with Crippen LogP contribution < -0.4 is 4.74 Å². The molecule has 7 atom stereocenters. The van der Waals surface area contributed by atoms with Crippen LogP contribution in [0, 0.1) is 17.8 Å². The van der Waals surface area contributed by atoms with Gasteiger partial charge in [0, 0.05) is 25.0 Å². The first-order valence-electron chi connectivity index (χ1n) is 18.4. The monoisotopic (exact) mass is 698 g/mol. The van der Waals surface area contributed by atoms with Crippen molar-refractivity contribution < 1.29 is 27.9 Å². The minimum absolute atomic E-state index is 0.0751. The van der Waals surface area contributed by atoms with E-state index in [9.17, 15) is 4.79 Å². The molecular formula is C40H66O6Si2. The van der Waals surface area contributed by atoms with Crippen LogP contribution in [0.15, 0.2) is 54.1 Å². The van der Waals surface area contributed by atoms with Crippen LogP contribution in [-0.4, -0.2) is 59.2 Å². The number of hydrogen-bond donors (Lipinski definition) is 0. The van der Waals surface area contributed by atoms with Crippen molar-refractivity contribution in [3.63, 3.8) is 0 Å². The standard InChI is InChI=1S/C40H66O6Si2/c1-28-19-20-29-25-33(46-48(12,13)39(5,6)7)27-35(43-37(41)40(8,9)44-30-17-15-14-16-18-30)36(29)34(28)22-21-31-26-32(23-24-42-31)45-47(10,11)38(2,3)4/h14-20,25,28,31-36H,21-24,26-27H2,1-13H3/t28-,31+,32+,33+,34-,35-,36-/m0/s1. The predicted molar refractivity (Wildman–Crippen MR) is 201 cm³/mol. The Morgan fingerprint density at radius 3 is 2.12 bits per heavy atom. The SMILES string of the molecule is C[C@H]1C=CC2=C[C@@H](O[Si](C)(C)C(C)(C)C)C[C@H](OC(=O)C(C)(C)Oc3ccccc3)[C@@H]2[C@H]1CC[C@@H]1C[C@H](O[Si](C)(C)C(C)(C)C)CCO1. The van der Waals surface area contributed by atoms with E-state index in [1.165, 1.54) is 5.57 Å². The summed E-state index contributed by atoms with van der Waals surface area (Å²) in [7, 11) is -3.92. The van der Waals surface area contributed by atoms with Crippen molar-refractivity contribution in [2.75, 3.05) is 6.61 Å². The highest BCUT2D eigenvalue weighted by Crippen LogP contribution is 2.47. The van der Waals surface area contributed by atoms with E-state index in [4.69, 9.17) is 23.1 Å². The van der Waals surface area contributed by atoms with Crippen LogP contribution in [-0.2, 0) is 23.1 Å². The number of esters is 1. The Hall–Kier alpha value is -1.72. The fraction of sp³-hybridized carbons (Fsp3) is 0.725. The Kier molecular flexibility index (Phi) is 12.1. The van der Waals surface area contributed by atoms with Crippen LogP contribution in [0.2, 0.25) is 36.3 Å². The molecule has 0 radical (unpaired) electrons. The normalized spacial score (nSPS) is 28.8. The largest absolute Gasteiger partial charge is 0.476 e. The van der Waals surface area contributed by atoms with Gasteiger partial charge >= 0.3 is 5.97 Å². The Balaban J connectivity index is 1.55. The van der Waals surface area contributed by atoms with E-state index in [0.717, 1.165) is 32.3 Å². The van der Waals surface area contributed by atoms with Gasteiger partial charge in [0.15, 0.2) is 22.2 Å². The molecule has 48 heavy (non-hydrogen) atoms. The number of para-hydroxylation sites is 1. The highest BCUT2D eigenvalue weighted by atomic mass is 28.4. The second-order valence-corrected chi connectivity index (χ2v) is 27.7. The first-order valence-corrected chi connectivity index (χ1v) is 24.2. The Bertz CT molecular complexity index is 1290. The number of rotatable bonds is 11. The van der Waals surface area contributed by atoms with Gasteiger partial charge in [-0.15, -0.1) is 0 Å². The first-order chi connectivity index (χ1) is 22.1. The number of carbonyl (C=O) groups is 1. The van der Waals surface area contributed by atoms with E-state index < -0.39 is 22.2 Å². The van der Waals surface area contributed by atoms with Gasteiger partial charge in [-0.05, 0) is 105 Å². The Morgan fingerprint density at radius 1 is 0.875 bits per heavy atom. The minimum Gasteiger partial charge on any atom is -0.476 e. The average molecular weight is 699 g/mol. The van der Waals surface area contributed by atoms with Gasteiger partial charge in [-0.2, -0.15) is 0 Å². The van der Waals surface area contributed by atoms with Crippen LogP contribution in [0.1, 0.15) is 94.4 Å². The second-order valence-electron chi connectivity index (χ2n) is 18.2. The molecule has 1 aliphatic heterocycles. The molecule has 1 aromatic carbocycles. The zero-order valence-corrected chi connectivity index (χ0v) is 34.4. The summed E-state index contributed by atoms with van der Waals surface area (Å²) in [4.78, 5) is 13.9. The maximum atomic E-state index is 13.9. The number of allylic oxidation sites excluding steroid dienone is 2. The molecule has 8 heteroatoms. The van der Waals surface area contributed by atoms with E-state index in [1.54, 1.807) is 13.8 Å². The summed E-state index contributed by atoms with van der Waals surface area (Å²) >= 11 is 0. The molecule has 0 N–H and O–H groups in total. The molecule has 1 heterocycles. The highest BCUT2D eigenvalue weighted by molar-refractivity contribution is 6.74. The van der Waals surface area contributed by atoms with Crippen LogP contribution in [0.25, 0.3) is 0 Å². The van der Waals surface area contributed by atoms with Gasteiger partial charge in [-0.1, -0.05) is 84.9 Å². The maximum Gasteiger partial charge on any atom is 0.350 e. The lowest BCUT2D eigenvalue weighted by Gasteiger charge is -2.46. The van der Waals surface area contributed by atoms with E-state index in [-0.39, 0.29) is 46.4 Å². The predicted octanol–water partition coefficient (Wildman–Crippen LogP) is 10.3. The molecule has 0 unspecified atom stereocenters. The molecule has 3 aliphatic rings. The number of benzene rings is 1. The number of fused-ring (bicyclic) bond motifs is 1. The third-order valence-corrected chi connectivity index (χ3v) is 20.9. The van der Waals surface area contributed by atoms with Gasteiger partial charge in [0.1, 0.15) is 11.9 Å². The van der Waals surface area contributed by atoms with Gasteiger partial charge in [0.25, 0.3) is 0 Å². The molecule has 6 nitrogen and oxygen atoms in total. The fourth-order valence-electron chi connectivity index (χ4n) is 6.84. The summed E-state index contributed by atoms with van der Waals surface area (Å²) in [6, 6.07) is 9.51. The summed E-state index contributed by atoms with van der Waals surface area (Å²) in [5.74, 6) is 1.06. The van der Waals surface area contributed by atoms with Crippen LogP contribution in [0.5, 0.6) is 5.75 Å². The lowest BCUT2D eigenvalue weighted by Crippen LogP contribution is -2.50.